The first-order chi connectivity index (χ1) is 13.1. The molecule has 0 aliphatic rings. The zero-order chi connectivity index (χ0) is 24.6. The van der Waals surface area contributed by atoms with Crippen molar-refractivity contribution in [2.24, 2.45) is 21.7 Å². The van der Waals surface area contributed by atoms with Gasteiger partial charge in [-0.25, -0.2) is 0 Å². The molecule has 0 atom stereocenters. The Bertz CT molecular complexity index is 493. The van der Waals surface area contributed by atoms with E-state index in [0.717, 1.165) is 13.6 Å². The fourth-order valence-corrected chi connectivity index (χ4v) is 0.930. The fraction of sp³-hybridized carbons (Fsp3) is 0.727. The second kappa shape index (κ2) is 13.3. The first-order valence-corrected chi connectivity index (χ1v) is 9.58. The van der Waals surface area contributed by atoms with Crippen LogP contribution in [-0.4, -0.2) is 46.9 Å². The van der Waals surface area contributed by atoms with E-state index in [9.17, 15) is 19.2 Å². The molecule has 0 unspecified atom stereocenters. The summed E-state index contributed by atoms with van der Waals surface area (Å²) in [6.07, 6.45) is 0. The van der Waals surface area contributed by atoms with Crippen molar-refractivity contribution in [3.8, 4) is 0 Å². The molecule has 8 nitrogen and oxygen atoms in total. The van der Waals surface area contributed by atoms with Crippen molar-refractivity contribution >= 4 is 46.9 Å². The summed E-state index contributed by atoms with van der Waals surface area (Å²) in [6, 6.07) is 0. The minimum absolute atomic E-state index is 0. The van der Waals surface area contributed by atoms with Crippen LogP contribution in [0.15, 0.2) is 0 Å². The average molecular weight is 455 g/mol. The first-order valence-electron chi connectivity index (χ1n) is 9.58. The Hall–Kier alpha value is -1.35. The van der Waals surface area contributed by atoms with Crippen molar-refractivity contribution in [1.29, 1.82) is 0 Å². The van der Waals surface area contributed by atoms with Gasteiger partial charge in [0.25, 0.3) is 23.9 Å². The molecule has 0 radical (unpaired) electrons. The standard InChI is InChI=1S/2C11H19O4.Mg/c2*1-10(2,3)8(12)14-7-15-9(13)11(4,5)6;/h2*7H,1-6H3;/q2*-1;+2. The SMILES string of the molecule is CC(C)(C)C(=O)O[CH-]OC(=O)C(C)(C)C.CC(C)(C)C(=O)O[CH-]OC(=O)C(C)(C)C.[Mg+2]. The van der Waals surface area contributed by atoms with Gasteiger partial charge in [-0.3, -0.25) is 19.2 Å². The molecule has 0 amide bonds. The second-order valence-corrected chi connectivity index (χ2v) is 10.8. The summed E-state index contributed by atoms with van der Waals surface area (Å²) in [6.45, 7) is 22.2. The molecule has 0 aromatic carbocycles. The van der Waals surface area contributed by atoms with Gasteiger partial charge in [-0.2, -0.15) is 0 Å². The third-order valence-electron chi connectivity index (χ3n) is 3.07. The van der Waals surface area contributed by atoms with Crippen molar-refractivity contribution in [3.05, 3.63) is 13.6 Å². The Morgan fingerprint density at radius 3 is 0.645 bits per heavy atom. The molecule has 0 bridgehead atoms. The van der Waals surface area contributed by atoms with Crippen molar-refractivity contribution < 1.29 is 38.1 Å². The second-order valence-electron chi connectivity index (χ2n) is 10.8. The average Bonchev–Trinajstić information content (AvgIpc) is 2.51. The number of hydrogen-bond acceptors (Lipinski definition) is 8. The molecule has 0 heterocycles. The van der Waals surface area contributed by atoms with Crippen LogP contribution in [0.25, 0.3) is 0 Å². The molecule has 0 fully saturated rings. The predicted molar refractivity (Wildman–Crippen MR) is 117 cm³/mol. The Balaban J connectivity index is -0.000000490. The van der Waals surface area contributed by atoms with E-state index in [0.29, 0.717) is 0 Å². The predicted octanol–water partition coefficient (Wildman–Crippen LogP) is 4.19. The Kier molecular flexibility index (Phi) is 14.6. The van der Waals surface area contributed by atoms with Crippen LogP contribution in [0.1, 0.15) is 83.1 Å². The zero-order valence-corrected chi connectivity index (χ0v) is 22.5. The van der Waals surface area contributed by atoms with Crippen LogP contribution in [0.4, 0.5) is 0 Å². The number of esters is 4. The van der Waals surface area contributed by atoms with E-state index in [1.165, 1.54) is 0 Å². The van der Waals surface area contributed by atoms with Crippen LogP contribution < -0.4 is 0 Å². The third kappa shape index (κ3) is 16.9. The van der Waals surface area contributed by atoms with Gasteiger partial charge in [0.15, 0.2) is 0 Å². The van der Waals surface area contributed by atoms with Crippen LogP contribution in [0.3, 0.4) is 0 Å². The number of ether oxygens (including phenoxy) is 4. The Morgan fingerprint density at radius 2 is 0.548 bits per heavy atom. The molecule has 0 aromatic heterocycles. The van der Waals surface area contributed by atoms with Gasteiger partial charge in [-0.1, -0.05) is 0 Å². The normalized spacial score (nSPS) is 11.7. The number of hydrogen-bond donors (Lipinski definition) is 0. The molecule has 0 saturated heterocycles. The van der Waals surface area contributed by atoms with E-state index in [-0.39, 0.29) is 23.1 Å². The molecule has 0 N–H and O–H groups in total. The summed E-state index contributed by atoms with van der Waals surface area (Å²) < 4.78 is 18.7. The van der Waals surface area contributed by atoms with E-state index in [4.69, 9.17) is 0 Å². The Morgan fingerprint density at radius 1 is 0.419 bits per heavy atom. The molecule has 0 aliphatic carbocycles. The molecular weight excluding hydrogens is 417 g/mol. The van der Waals surface area contributed by atoms with Crippen molar-refractivity contribution in [2.75, 3.05) is 0 Å². The van der Waals surface area contributed by atoms with E-state index in [2.05, 4.69) is 18.9 Å². The van der Waals surface area contributed by atoms with Crippen LogP contribution in [0, 0.1) is 35.2 Å². The maximum atomic E-state index is 11.3. The maximum Gasteiger partial charge on any atom is 2.00 e. The van der Waals surface area contributed by atoms with Crippen LogP contribution in [-0.2, 0) is 38.1 Å². The minimum Gasteiger partial charge on any atom is -0.597 e. The summed E-state index contributed by atoms with van der Waals surface area (Å²) in [5.41, 5.74) is -2.43. The van der Waals surface area contributed by atoms with Gasteiger partial charge in [-0.15, -0.1) is 0 Å². The molecule has 9 heteroatoms. The molecule has 0 spiro atoms. The smallest absolute Gasteiger partial charge is 0.597 e. The molecule has 0 rings (SSSR count). The van der Waals surface area contributed by atoms with Gasteiger partial charge in [0, 0.05) is 13.6 Å². The maximum absolute atomic E-state index is 11.3. The molecule has 31 heavy (non-hydrogen) atoms. The largest absolute Gasteiger partial charge is 2.00 e. The summed E-state index contributed by atoms with van der Waals surface area (Å²) in [5, 5.41) is 0. The molecule has 0 aromatic rings. The summed E-state index contributed by atoms with van der Waals surface area (Å²) in [7, 11) is 0. The third-order valence-corrected chi connectivity index (χ3v) is 3.07. The van der Waals surface area contributed by atoms with Crippen LogP contribution in [0.5, 0.6) is 0 Å². The van der Waals surface area contributed by atoms with Gasteiger partial charge in [-0.05, 0) is 83.1 Å². The van der Waals surface area contributed by atoms with Crippen molar-refractivity contribution in [3.63, 3.8) is 0 Å². The molecular formula is C22H38MgO8. The van der Waals surface area contributed by atoms with E-state index in [1.54, 1.807) is 83.1 Å². The summed E-state index contributed by atoms with van der Waals surface area (Å²) in [4.78, 5) is 45.0. The van der Waals surface area contributed by atoms with Gasteiger partial charge in [0.2, 0.25) is 0 Å². The summed E-state index contributed by atoms with van der Waals surface area (Å²) >= 11 is 0. The van der Waals surface area contributed by atoms with Gasteiger partial charge in [0.1, 0.15) is 0 Å². The topological polar surface area (TPSA) is 105 Å². The van der Waals surface area contributed by atoms with E-state index in [1.807, 2.05) is 0 Å². The molecule has 0 aliphatic heterocycles. The fourth-order valence-electron chi connectivity index (χ4n) is 0.930. The van der Waals surface area contributed by atoms with Crippen LogP contribution in [0.2, 0.25) is 0 Å². The van der Waals surface area contributed by atoms with E-state index >= 15 is 0 Å². The number of carbonyl (C=O) groups is 4. The Labute approximate surface area is 203 Å². The van der Waals surface area contributed by atoms with Gasteiger partial charge in [0.05, 0.1) is 21.7 Å². The summed E-state index contributed by atoms with van der Waals surface area (Å²) in [5.74, 6) is -1.76. The first kappa shape index (κ1) is 34.3. The van der Waals surface area contributed by atoms with Gasteiger partial charge < -0.3 is 18.9 Å². The minimum atomic E-state index is -0.607. The number of carbonyl (C=O) groups excluding carboxylic acids is 4. The van der Waals surface area contributed by atoms with Gasteiger partial charge >= 0.3 is 23.1 Å². The van der Waals surface area contributed by atoms with E-state index < -0.39 is 45.5 Å². The molecule has 0 saturated carbocycles. The zero-order valence-electron chi connectivity index (χ0n) is 21.1. The van der Waals surface area contributed by atoms with Crippen molar-refractivity contribution in [2.45, 2.75) is 83.1 Å². The monoisotopic (exact) mass is 454 g/mol. The quantitative estimate of drug-likeness (QED) is 0.354. The van der Waals surface area contributed by atoms with Crippen LogP contribution >= 0.6 is 0 Å². The molecule has 176 valence electrons. The van der Waals surface area contributed by atoms with Crippen molar-refractivity contribution in [1.82, 2.24) is 0 Å². The number of rotatable bonds is 4.